The fourth-order valence-corrected chi connectivity index (χ4v) is 4.25. The van der Waals surface area contributed by atoms with Crippen LogP contribution in [0.2, 0.25) is 0 Å². The minimum absolute atomic E-state index is 0.0340. The molecule has 0 radical (unpaired) electrons. The fraction of sp³-hybridized carbons (Fsp3) is 0.276. The molecule has 2 heterocycles. The third-order valence-corrected chi connectivity index (χ3v) is 6.51. The minimum Gasteiger partial charge on any atom is -0.443 e. The molecule has 3 atom stereocenters. The van der Waals surface area contributed by atoms with Crippen molar-refractivity contribution in [2.75, 3.05) is 6.54 Å². The third kappa shape index (κ3) is 7.96. The monoisotopic (exact) mass is 528 g/mol. The van der Waals surface area contributed by atoms with E-state index in [0.29, 0.717) is 18.5 Å². The molecule has 10 heteroatoms. The van der Waals surface area contributed by atoms with Crippen molar-refractivity contribution in [3.05, 3.63) is 101 Å². The van der Waals surface area contributed by atoms with Crippen molar-refractivity contribution >= 4 is 23.7 Å². The SMILES string of the molecule is C[C@H](NC(=O)C1C[C@@H](c2ccncc2)CN1)C(=O)NCc1ccc(/C(N)=N/C(=O)OCc2ccccc2)cc1. The van der Waals surface area contributed by atoms with Gasteiger partial charge in [0.2, 0.25) is 11.8 Å². The summed E-state index contributed by atoms with van der Waals surface area (Å²) < 4.78 is 5.13. The van der Waals surface area contributed by atoms with Gasteiger partial charge in [-0.05, 0) is 48.1 Å². The molecule has 0 spiro atoms. The Morgan fingerprint density at radius 2 is 1.77 bits per heavy atom. The van der Waals surface area contributed by atoms with Gasteiger partial charge in [-0.15, -0.1) is 0 Å². The highest BCUT2D eigenvalue weighted by Crippen LogP contribution is 2.25. The lowest BCUT2D eigenvalue weighted by Gasteiger charge is -2.17. The van der Waals surface area contributed by atoms with Gasteiger partial charge >= 0.3 is 6.09 Å². The number of nitrogens with zero attached hydrogens (tertiary/aromatic N) is 2. The van der Waals surface area contributed by atoms with Crippen LogP contribution in [0.4, 0.5) is 4.79 Å². The van der Waals surface area contributed by atoms with Crippen LogP contribution in [-0.4, -0.2) is 47.4 Å². The van der Waals surface area contributed by atoms with Gasteiger partial charge in [-0.2, -0.15) is 4.99 Å². The second-order valence-electron chi connectivity index (χ2n) is 9.36. The van der Waals surface area contributed by atoms with Crippen LogP contribution < -0.4 is 21.7 Å². The molecule has 1 aliphatic rings. The molecule has 1 unspecified atom stereocenters. The van der Waals surface area contributed by atoms with E-state index in [0.717, 1.165) is 16.7 Å². The molecule has 3 amide bonds. The molecule has 1 saturated heterocycles. The summed E-state index contributed by atoms with van der Waals surface area (Å²) in [7, 11) is 0. The van der Waals surface area contributed by atoms with Gasteiger partial charge in [0.1, 0.15) is 18.5 Å². The van der Waals surface area contributed by atoms with E-state index in [1.54, 1.807) is 43.6 Å². The van der Waals surface area contributed by atoms with Crippen LogP contribution in [0.15, 0.2) is 84.1 Å². The Bertz CT molecular complexity index is 1300. The molecule has 1 aromatic heterocycles. The number of benzene rings is 2. The van der Waals surface area contributed by atoms with Crippen molar-refractivity contribution in [1.82, 2.24) is 20.9 Å². The zero-order valence-corrected chi connectivity index (χ0v) is 21.7. The number of pyridine rings is 1. The largest absolute Gasteiger partial charge is 0.443 e. The number of amidine groups is 1. The Balaban J connectivity index is 1.20. The number of hydrogen-bond donors (Lipinski definition) is 4. The molecule has 10 nitrogen and oxygen atoms in total. The molecule has 0 saturated carbocycles. The Labute approximate surface area is 227 Å². The first-order valence-corrected chi connectivity index (χ1v) is 12.7. The number of carbonyl (C=O) groups is 3. The molecule has 39 heavy (non-hydrogen) atoms. The van der Waals surface area contributed by atoms with Crippen molar-refractivity contribution < 1.29 is 19.1 Å². The first-order chi connectivity index (χ1) is 18.9. The van der Waals surface area contributed by atoms with E-state index < -0.39 is 12.1 Å². The highest BCUT2D eigenvalue weighted by Gasteiger charge is 2.31. The van der Waals surface area contributed by atoms with E-state index in [9.17, 15) is 14.4 Å². The van der Waals surface area contributed by atoms with E-state index in [2.05, 4.69) is 25.9 Å². The third-order valence-electron chi connectivity index (χ3n) is 6.51. The lowest BCUT2D eigenvalue weighted by atomic mass is 9.97. The van der Waals surface area contributed by atoms with Crippen LogP contribution in [-0.2, 0) is 27.5 Å². The average molecular weight is 529 g/mol. The topological polar surface area (TPSA) is 148 Å². The molecule has 4 rings (SSSR count). The van der Waals surface area contributed by atoms with Gasteiger partial charge in [0, 0.05) is 31.0 Å². The molecular weight excluding hydrogens is 496 g/mol. The number of rotatable bonds is 9. The van der Waals surface area contributed by atoms with Crippen LogP contribution >= 0.6 is 0 Å². The predicted molar refractivity (Wildman–Crippen MR) is 147 cm³/mol. The number of amides is 3. The van der Waals surface area contributed by atoms with Gasteiger partial charge in [0.25, 0.3) is 0 Å². The highest BCUT2D eigenvalue weighted by molar-refractivity contribution is 6.02. The number of aromatic nitrogens is 1. The fourth-order valence-electron chi connectivity index (χ4n) is 4.25. The zero-order chi connectivity index (χ0) is 27.6. The lowest BCUT2D eigenvalue weighted by molar-refractivity contribution is -0.129. The molecule has 1 fully saturated rings. The lowest BCUT2D eigenvalue weighted by Crippen LogP contribution is -2.49. The smallest absolute Gasteiger partial charge is 0.435 e. The van der Waals surface area contributed by atoms with Gasteiger partial charge in [0.15, 0.2) is 0 Å². The molecule has 3 aromatic rings. The molecule has 202 valence electrons. The van der Waals surface area contributed by atoms with E-state index in [-0.39, 0.29) is 42.8 Å². The summed E-state index contributed by atoms with van der Waals surface area (Å²) in [6, 6.07) is 19.1. The van der Waals surface area contributed by atoms with Crippen LogP contribution in [0.5, 0.6) is 0 Å². The van der Waals surface area contributed by atoms with Gasteiger partial charge < -0.3 is 26.4 Å². The summed E-state index contributed by atoms with van der Waals surface area (Å²) in [6.45, 7) is 2.72. The summed E-state index contributed by atoms with van der Waals surface area (Å²) in [4.78, 5) is 45.0. The Hall–Kier alpha value is -4.57. The zero-order valence-electron chi connectivity index (χ0n) is 21.7. The normalized spacial score (nSPS) is 17.7. The maximum atomic E-state index is 12.7. The van der Waals surface area contributed by atoms with Gasteiger partial charge in [0.05, 0.1) is 6.04 Å². The van der Waals surface area contributed by atoms with Crippen molar-refractivity contribution in [1.29, 1.82) is 0 Å². The maximum Gasteiger partial charge on any atom is 0.435 e. The summed E-state index contributed by atoms with van der Waals surface area (Å²) in [6.07, 6.45) is 3.38. The Morgan fingerprint density at radius 1 is 1.05 bits per heavy atom. The van der Waals surface area contributed by atoms with Gasteiger partial charge in [-0.25, -0.2) is 4.79 Å². The summed E-state index contributed by atoms with van der Waals surface area (Å²) in [5, 5.41) is 8.85. The van der Waals surface area contributed by atoms with Crippen molar-refractivity contribution in [3.8, 4) is 0 Å². The summed E-state index contributed by atoms with van der Waals surface area (Å²) >= 11 is 0. The quantitative estimate of drug-likeness (QED) is 0.246. The Morgan fingerprint density at radius 3 is 2.49 bits per heavy atom. The number of aliphatic imine (C=N–C) groups is 1. The number of hydrogen-bond acceptors (Lipinski definition) is 6. The van der Waals surface area contributed by atoms with Crippen molar-refractivity contribution in [2.24, 2.45) is 10.7 Å². The standard InChI is InChI=1S/C29H32N6O4/c1-19(34-28(37)25-15-24(17-32-25)22-11-13-31-14-12-22)27(36)33-16-20-7-9-23(10-8-20)26(30)35-29(38)39-18-21-5-3-2-4-6-21/h2-14,19,24-25,32H,15-18H2,1H3,(H,33,36)(H,34,37)(H2,30,35,38)/t19-,24+,25?/m0/s1. The Kier molecular flexibility index (Phi) is 9.36. The molecule has 1 aliphatic heterocycles. The molecule has 2 aromatic carbocycles. The number of nitrogens with one attached hydrogen (secondary N) is 3. The number of nitrogens with two attached hydrogens (primary N) is 1. The average Bonchev–Trinajstić information content (AvgIpc) is 3.47. The summed E-state index contributed by atoms with van der Waals surface area (Å²) in [5.41, 5.74) is 9.31. The van der Waals surface area contributed by atoms with E-state index in [4.69, 9.17) is 10.5 Å². The highest BCUT2D eigenvalue weighted by atomic mass is 16.5. The van der Waals surface area contributed by atoms with E-state index >= 15 is 0 Å². The predicted octanol–water partition coefficient (Wildman–Crippen LogP) is 2.39. The van der Waals surface area contributed by atoms with Crippen LogP contribution in [0.25, 0.3) is 0 Å². The van der Waals surface area contributed by atoms with Gasteiger partial charge in [-0.1, -0.05) is 54.6 Å². The molecule has 0 bridgehead atoms. The van der Waals surface area contributed by atoms with E-state index in [1.807, 2.05) is 42.5 Å². The number of carbonyl (C=O) groups excluding carboxylic acids is 3. The molecular formula is C29H32N6O4. The maximum absolute atomic E-state index is 12.7. The van der Waals surface area contributed by atoms with Crippen LogP contribution in [0.3, 0.4) is 0 Å². The summed E-state index contributed by atoms with van der Waals surface area (Å²) in [5.74, 6) is -0.226. The van der Waals surface area contributed by atoms with Crippen LogP contribution in [0.1, 0.15) is 41.5 Å². The van der Waals surface area contributed by atoms with Crippen molar-refractivity contribution in [2.45, 2.75) is 44.5 Å². The van der Waals surface area contributed by atoms with Gasteiger partial charge in [-0.3, -0.25) is 14.6 Å². The van der Waals surface area contributed by atoms with E-state index in [1.165, 1.54) is 0 Å². The second kappa shape index (κ2) is 13.3. The van der Waals surface area contributed by atoms with Crippen LogP contribution in [0, 0.1) is 0 Å². The first-order valence-electron chi connectivity index (χ1n) is 12.7. The molecule has 5 N–H and O–H groups in total. The number of ether oxygens (including phenoxy) is 1. The minimum atomic E-state index is -0.774. The molecule has 0 aliphatic carbocycles. The van der Waals surface area contributed by atoms with Crippen molar-refractivity contribution in [3.63, 3.8) is 0 Å². The second-order valence-corrected chi connectivity index (χ2v) is 9.36. The first kappa shape index (κ1) is 27.5.